The standard InChI is InChI=1S/C23H30N4O3/c28-20-7-6-19(21(29)25-20)27-14-17-5-4-16(12-18(17)22(27)30)13-26-11-2-1-8-23(26)9-3-10-24-15-23/h4-5,12,19,24H,1-3,6-11,13-15H2,(H,25,28,29). The van der Waals surface area contributed by atoms with Gasteiger partial charge in [0, 0.05) is 37.2 Å². The second kappa shape index (κ2) is 7.78. The summed E-state index contributed by atoms with van der Waals surface area (Å²) in [5.41, 5.74) is 3.10. The molecule has 2 unspecified atom stereocenters. The van der Waals surface area contributed by atoms with Crippen molar-refractivity contribution in [3.05, 3.63) is 34.9 Å². The number of hydrogen-bond acceptors (Lipinski definition) is 5. The summed E-state index contributed by atoms with van der Waals surface area (Å²) in [6, 6.07) is 5.66. The maximum Gasteiger partial charge on any atom is 0.255 e. The van der Waals surface area contributed by atoms with E-state index in [0.717, 1.165) is 31.7 Å². The Morgan fingerprint density at radius 2 is 1.97 bits per heavy atom. The number of rotatable bonds is 3. The highest BCUT2D eigenvalue weighted by molar-refractivity contribution is 6.05. The van der Waals surface area contributed by atoms with E-state index in [2.05, 4.69) is 21.6 Å². The predicted molar refractivity (Wildman–Crippen MR) is 112 cm³/mol. The van der Waals surface area contributed by atoms with Gasteiger partial charge >= 0.3 is 0 Å². The van der Waals surface area contributed by atoms with E-state index in [1.54, 1.807) is 4.90 Å². The van der Waals surface area contributed by atoms with Crippen LogP contribution < -0.4 is 10.6 Å². The maximum absolute atomic E-state index is 13.1. The van der Waals surface area contributed by atoms with Gasteiger partial charge in [-0.05, 0) is 62.4 Å². The highest BCUT2D eigenvalue weighted by Crippen LogP contribution is 2.35. The highest BCUT2D eigenvalue weighted by Gasteiger charge is 2.41. The summed E-state index contributed by atoms with van der Waals surface area (Å²) in [5.74, 6) is -0.697. The maximum atomic E-state index is 13.1. The number of fused-ring (bicyclic) bond motifs is 1. The summed E-state index contributed by atoms with van der Waals surface area (Å²) >= 11 is 0. The minimum absolute atomic E-state index is 0.0889. The van der Waals surface area contributed by atoms with Gasteiger partial charge < -0.3 is 10.2 Å². The van der Waals surface area contributed by atoms with E-state index >= 15 is 0 Å². The minimum Gasteiger partial charge on any atom is -0.322 e. The summed E-state index contributed by atoms with van der Waals surface area (Å²) in [5, 5.41) is 5.96. The van der Waals surface area contributed by atoms with Crippen molar-refractivity contribution >= 4 is 17.7 Å². The van der Waals surface area contributed by atoms with Crippen molar-refractivity contribution in [1.82, 2.24) is 20.4 Å². The first-order valence-corrected chi connectivity index (χ1v) is 11.3. The van der Waals surface area contributed by atoms with E-state index in [1.165, 1.54) is 37.7 Å². The molecular weight excluding hydrogens is 380 g/mol. The highest BCUT2D eigenvalue weighted by atomic mass is 16.2. The van der Waals surface area contributed by atoms with Crippen LogP contribution in [0, 0.1) is 0 Å². The molecule has 3 saturated heterocycles. The number of imide groups is 1. The number of nitrogens with zero attached hydrogens (tertiary/aromatic N) is 2. The molecule has 0 aromatic heterocycles. The third-order valence-corrected chi connectivity index (χ3v) is 7.41. The fourth-order valence-electron chi connectivity index (χ4n) is 5.75. The average Bonchev–Trinajstić information content (AvgIpc) is 3.06. The third kappa shape index (κ3) is 3.44. The van der Waals surface area contributed by atoms with Crippen molar-refractivity contribution < 1.29 is 14.4 Å². The molecule has 2 N–H and O–H groups in total. The van der Waals surface area contributed by atoms with Gasteiger partial charge in [-0.2, -0.15) is 0 Å². The molecule has 0 radical (unpaired) electrons. The van der Waals surface area contributed by atoms with Crippen LogP contribution in [0.2, 0.25) is 0 Å². The van der Waals surface area contributed by atoms with Crippen molar-refractivity contribution in [3.8, 4) is 0 Å². The van der Waals surface area contributed by atoms with Crippen LogP contribution in [0.3, 0.4) is 0 Å². The molecular formula is C23H30N4O3. The molecule has 0 bridgehead atoms. The zero-order valence-electron chi connectivity index (χ0n) is 17.4. The van der Waals surface area contributed by atoms with Gasteiger partial charge in [0.2, 0.25) is 11.8 Å². The summed E-state index contributed by atoms with van der Waals surface area (Å²) in [6.45, 7) is 4.58. The summed E-state index contributed by atoms with van der Waals surface area (Å²) in [4.78, 5) is 41.1. The van der Waals surface area contributed by atoms with E-state index in [4.69, 9.17) is 0 Å². The van der Waals surface area contributed by atoms with Crippen LogP contribution in [-0.2, 0) is 22.7 Å². The van der Waals surface area contributed by atoms with Gasteiger partial charge in [-0.25, -0.2) is 0 Å². The van der Waals surface area contributed by atoms with Crippen LogP contribution in [0.5, 0.6) is 0 Å². The molecule has 3 amide bonds. The first kappa shape index (κ1) is 19.7. The Labute approximate surface area is 177 Å². The second-order valence-corrected chi connectivity index (χ2v) is 9.27. The van der Waals surface area contributed by atoms with Crippen molar-refractivity contribution in [2.45, 2.75) is 69.6 Å². The second-order valence-electron chi connectivity index (χ2n) is 9.27. The molecule has 1 spiro atoms. The van der Waals surface area contributed by atoms with Crippen LogP contribution in [-0.4, -0.2) is 58.7 Å². The summed E-state index contributed by atoms with van der Waals surface area (Å²) < 4.78 is 0. The lowest BCUT2D eigenvalue weighted by Gasteiger charge is -2.50. The first-order valence-electron chi connectivity index (χ1n) is 11.3. The fourth-order valence-corrected chi connectivity index (χ4v) is 5.75. The van der Waals surface area contributed by atoms with Crippen LogP contribution in [0.1, 0.15) is 66.4 Å². The number of carbonyl (C=O) groups is 3. The molecule has 30 heavy (non-hydrogen) atoms. The van der Waals surface area contributed by atoms with E-state index in [9.17, 15) is 14.4 Å². The molecule has 5 rings (SSSR count). The lowest BCUT2D eigenvalue weighted by Crippen LogP contribution is -2.59. The Balaban J connectivity index is 1.33. The number of amides is 3. The van der Waals surface area contributed by atoms with Crippen LogP contribution in [0.15, 0.2) is 18.2 Å². The van der Waals surface area contributed by atoms with E-state index in [1.807, 2.05) is 12.1 Å². The van der Waals surface area contributed by atoms with E-state index < -0.39 is 6.04 Å². The Bertz CT molecular complexity index is 869. The predicted octanol–water partition coefficient (Wildman–Crippen LogP) is 1.56. The Hall–Kier alpha value is -2.25. The molecule has 160 valence electrons. The van der Waals surface area contributed by atoms with Crippen molar-refractivity contribution in [2.24, 2.45) is 0 Å². The molecule has 3 fully saturated rings. The van der Waals surface area contributed by atoms with E-state index in [-0.39, 0.29) is 29.7 Å². The number of piperidine rings is 3. The smallest absolute Gasteiger partial charge is 0.255 e. The average molecular weight is 411 g/mol. The first-order chi connectivity index (χ1) is 14.6. The van der Waals surface area contributed by atoms with Gasteiger partial charge in [-0.3, -0.25) is 24.6 Å². The van der Waals surface area contributed by atoms with Crippen LogP contribution in [0.25, 0.3) is 0 Å². The normalized spacial score (nSPS) is 29.9. The third-order valence-electron chi connectivity index (χ3n) is 7.41. The summed E-state index contributed by atoms with van der Waals surface area (Å²) in [6.07, 6.45) is 6.92. The zero-order valence-corrected chi connectivity index (χ0v) is 17.4. The molecule has 4 aliphatic rings. The molecule has 7 nitrogen and oxygen atoms in total. The zero-order chi connectivity index (χ0) is 20.7. The monoisotopic (exact) mass is 410 g/mol. The lowest BCUT2D eigenvalue weighted by molar-refractivity contribution is -0.136. The van der Waals surface area contributed by atoms with Gasteiger partial charge in [0.15, 0.2) is 0 Å². The van der Waals surface area contributed by atoms with Gasteiger partial charge in [0.25, 0.3) is 5.91 Å². The SMILES string of the molecule is O=C1CCC(N2Cc3ccc(CN4CCCCC45CCCNC5)cc3C2=O)C(=O)N1. The van der Waals surface area contributed by atoms with Gasteiger partial charge in [-0.15, -0.1) is 0 Å². The lowest BCUT2D eigenvalue weighted by atomic mass is 9.80. The molecule has 4 aliphatic heterocycles. The molecule has 1 aromatic rings. The quantitative estimate of drug-likeness (QED) is 0.739. The van der Waals surface area contributed by atoms with Crippen LogP contribution >= 0.6 is 0 Å². The van der Waals surface area contributed by atoms with Gasteiger partial charge in [-0.1, -0.05) is 18.6 Å². The van der Waals surface area contributed by atoms with Crippen molar-refractivity contribution in [1.29, 1.82) is 0 Å². The molecule has 2 atom stereocenters. The molecule has 0 saturated carbocycles. The van der Waals surface area contributed by atoms with Gasteiger partial charge in [0.1, 0.15) is 6.04 Å². The Morgan fingerprint density at radius 1 is 1.10 bits per heavy atom. The number of benzene rings is 1. The molecule has 7 heteroatoms. The van der Waals surface area contributed by atoms with Crippen molar-refractivity contribution in [2.75, 3.05) is 19.6 Å². The van der Waals surface area contributed by atoms with Crippen LogP contribution in [0.4, 0.5) is 0 Å². The largest absolute Gasteiger partial charge is 0.322 e. The Kier molecular flexibility index (Phi) is 5.11. The number of carbonyl (C=O) groups excluding carboxylic acids is 3. The topological polar surface area (TPSA) is 81.8 Å². The van der Waals surface area contributed by atoms with Gasteiger partial charge in [0.05, 0.1) is 0 Å². The molecule has 1 aromatic carbocycles. The number of likely N-dealkylation sites (tertiary alicyclic amines) is 1. The fraction of sp³-hybridized carbons (Fsp3) is 0.609. The number of nitrogens with one attached hydrogen (secondary N) is 2. The van der Waals surface area contributed by atoms with Crippen molar-refractivity contribution in [3.63, 3.8) is 0 Å². The van der Waals surface area contributed by atoms with E-state index in [0.29, 0.717) is 18.5 Å². The molecule has 0 aliphatic carbocycles. The Morgan fingerprint density at radius 3 is 2.77 bits per heavy atom. The number of hydrogen-bond donors (Lipinski definition) is 2. The molecule has 4 heterocycles. The summed E-state index contributed by atoms with van der Waals surface area (Å²) in [7, 11) is 0. The minimum atomic E-state index is -0.551.